The molecule has 0 radical (unpaired) electrons. The molecule has 3 N–H and O–H groups in total. The maximum Gasteiger partial charge on any atom is 0.259 e. The molecule has 6 nitrogen and oxygen atoms in total. The molecular weight excluding hydrogens is 341 g/mol. The second-order valence-corrected chi connectivity index (χ2v) is 5.50. The summed E-state index contributed by atoms with van der Waals surface area (Å²) < 4.78 is 10.1. The third kappa shape index (κ3) is 3.33. The summed E-state index contributed by atoms with van der Waals surface area (Å²) >= 11 is 11.6. The molecule has 0 fully saturated rings. The first-order valence-electron chi connectivity index (χ1n) is 6.58. The standard InChI is InChI=1S/C15H11Cl2N3O3/c16-9-3-1-2-8(6-9)7-19-15(21)12-13(20-23-14(12)18)10-4-5-11(17)22-10/h1-6H,7,18H2,(H,19,21). The van der Waals surface area contributed by atoms with E-state index in [1.54, 1.807) is 24.3 Å². The van der Waals surface area contributed by atoms with Crippen LogP contribution >= 0.6 is 23.2 Å². The van der Waals surface area contributed by atoms with Gasteiger partial charge in [-0.05, 0) is 41.4 Å². The number of carbonyl (C=O) groups excluding carboxylic acids is 1. The van der Waals surface area contributed by atoms with Crippen molar-refractivity contribution in [1.82, 2.24) is 10.5 Å². The number of aromatic nitrogens is 1. The number of amides is 1. The van der Waals surface area contributed by atoms with Gasteiger partial charge in [0.05, 0.1) is 0 Å². The molecule has 3 rings (SSSR count). The highest BCUT2D eigenvalue weighted by molar-refractivity contribution is 6.30. The fourth-order valence-electron chi connectivity index (χ4n) is 2.05. The van der Waals surface area contributed by atoms with Crippen LogP contribution in [0.5, 0.6) is 0 Å². The van der Waals surface area contributed by atoms with E-state index in [0.29, 0.717) is 10.8 Å². The molecule has 0 atom stereocenters. The molecular formula is C15H11Cl2N3O3. The van der Waals surface area contributed by atoms with Crippen LogP contribution < -0.4 is 11.1 Å². The van der Waals surface area contributed by atoms with Gasteiger partial charge in [-0.1, -0.05) is 28.9 Å². The van der Waals surface area contributed by atoms with Gasteiger partial charge < -0.3 is 20.0 Å². The van der Waals surface area contributed by atoms with Gasteiger partial charge in [0.2, 0.25) is 5.88 Å². The average Bonchev–Trinajstić information content (AvgIpc) is 3.11. The summed E-state index contributed by atoms with van der Waals surface area (Å²) in [6, 6.07) is 10.3. The van der Waals surface area contributed by atoms with Gasteiger partial charge in [0.25, 0.3) is 5.91 Å². The van der Waals surface area contributed by atoms with Crippen LogP contribution in [0.1, 0.15) is 15.9 Å². The van der Waals surface area contributed by atoms with Crippen LogP contribution in [0, 0.1) is 0 Å². The Kier molecular flexibility index (Phi) is 4.27. The number of furan rings is 1. The van der Waals surface area contributed by atoms with Crippen molar-refractivity contribution in [2.45, 2.75) is 6.54 Å². The maximum atomic E-state index is 12.4. The van der Waals surface area contributed by atoms with Crippen molar-refractivity contribution in [2.24, 2.45) is 0 Å². The Morgan fingerprint density at radius 1 is 1.26 bits per heavy atom. The molecule has 118 valence electrons. The Morgan fingerprint density at radius 3 is 2.78 bits per heavy atom. The highest BCUT2D eigenvalue weighted by Crippen LogP contribution is 2.30. The quantitative estimate of drug-likeness (QED) is 0.746. The number of rotatable bonds is 4. The van der Waals surface area contributed by atoms with Gasteiger partial charge in [-0.15, -0.1) is 0 Å². The highest BCUT2D eigenvalue weighted by Gasteiger charge is 2.24. The second kappa shape index (κ2) is 6.36. The zero-order valence-corrected chi connectivity index (χ0v) is 13.2. The first kappa shape index (κ1) is 15.5. The van der Waals surface area contributed by atoms with E-state index in [1.165, 1.54) is 6.07 Å². The van der Waals surface area contributed by atoms with Gasteiger partial charge in [-0.2, -0.15) is 0 Å². The SMILES string of the molecule is Nc1onc(-c2ccc(Cl)o2)c1C(=O)NCc1cccc(Cl)c1. The van der Waals surface area contributed by atoms with Crippen LogP contribution in [0.3, 0.4) is 0 Å². The summed E-state index contributed by atoms with van der Waals surface area (Å²) in [5.74, 6) is -0.245. The number of carbonyl (C=O) groups is 1. The molecule has 2 heterocycles. The van der Waals surface area contributed by atoms with Gasteiger partial charge in [-0.3, -0.25) is 4.79 Å². The van der Waals surface area contributed by atoms with Crippen LogP contribution in [0.4, 0.5) is 5.88 Å². The largest absolute Gasteiger partial charge is 0.443 e. The lowest BCUT2D eigenvalue weighted by Gasteiger charge is -2.05. The van der Waals surface area contributed by atoms with Crippen molar-refractivity contribution in [1.29, 1.82) is 0 Å². The van der Waals surface area contributed by atoms with Crippen LogP contribution in [-0.2, 0) is 6.54 Å². The monoisotopic (exact) mass is 351 g/mol. The lowest BCUT2D eigenvalue weighted by molar-refractivity contribution is 0.0952. The Balaban J connectivity index is 1.81. The predicted octanol–water partition coefficient (Wildman–Crippen LogP) is 3.75. The lowest BCUT2D eigenvalue weighted by Crippen LogP contribution is -2.23. The van der Waals surface area contributed by atoms with Crippen LogP contribution in [0.15, 0.2) is 45.3 Å². The number of nitrogens with two attached hydrogens (primary N) is 1. The predicted molar refractivity (Wildman–Crippen MR) is 86.2 cm³/mol. The molecule has 0 saturated heterocycles. The van der Waals surface area contributed by atoms with Gasteiger partial charge in [-0.25, -0.2) is 0 Å². The Morgan fingerprint density at radius 2 is 2.09 bits per heavy atom. The van der Waals surface area contributed by atoms with Gasteiger partial charge in [0.15, 0.2) is 16.7 Å². The fourth-order valence-corrected chi connectivity index (χ4v) is 2.41. The highest BCUT2D eigenvalue weighted by atomic mass is 35.5. The molecule has 2 aromatic heterocycles. The number of benzene rings is 1. The summed E-state index contributed by atoms with van der Waals surface area (Å²) in [6.45, 7) is 0.280. The van der Waals surface area contributed by atoms with Crippen molar-refractivity contribution < 1.29 is 13.7 Å². The van der Waals surface area contributed by atoms with Crippen LogP contribution in [0.2, 0.25) is 10.2 Å². The summed E-state index contributed by atoms with van der Waals surface area (Å²) in [6.07, 6.45) is 0. The topological polar surface area (TPSA) is 94.3 Å². The van der Waals surface area contributed by atoms with Crippen molar-refractivity contribution in [3.8, 4) is 11.5 Å². The number of anilines is 1. The molecule has 0 aliphatic rings. The minimum Gasteiger partial charge on any atom is -0.443 e. The van der Waals surface area contributed by atoms with E-state index in [4.69, 9.17) is 37.9 Å². The first-order chi connectivity index (χ1) is 11.0. The summed E-state index contributed by atoms with van der Waals surface area (Å²) in [5.41, 5.74) is 6.83. The number of nitrogens with one attached hydrogen (secondary N) is 1. The number of nitrogen functional groups attached to an aromatic ring is 1. The fraction of sp³-hybridized carbons (Fsp3) is 0.0667. The number of halogens is 2. The third-order valence-electron chi connectivity index (χ3n) is 3.09. The second-order valence-electron chi connectivity index (χ2n) is 4.69. The number of nitrogens with zero attached hydrogens (tertiary/aromatic N) is 1. The normalized spacial score (nSPS) is 10.7. The molecule has 0 unspecified atom stereocenters. The Labute approximate surface area is 141 Å². The minimum atomic E-state index is -0.439. The summed E-state index contributed by atoms with van der Waals surface area (Å²) in [4.78, 5) is 12.4. The summed E-state index contributed by atoms with van der Waals surface area (Å²) in [5, 5.41) is 7.25. The van der Waals surface area contributed by atoms with Gasteiger partial charge in [0, 0.05) is 11.6 Å². The van der Waals surface area contributed by atoms with E-state index in [2.05, 4.69) is 10.5 Å². The molecule has 0 bridgehead atoms. The number of hydrogen-bond donors (Lipinski definition) is 2. The van der Waals surface area contributed by atoms with Gasteiger partial charge >= 0.3 is 0 Å². The smallest absolute Gasteiger partial charge is 0.259 e. The molecule has 1 amide bonds. The van der Waals surface area contributed by atoms with Crippen LogP contribution in [0.25, 0.3) is 11.5 Å². The van der Waals surface area contributed by atoms with E-state index in [9.17, 15) is 4.79 Å². The molecule has 0 spiro atoms. The maximum absolute atomic E-state index is 12.4. The molecule has 0 saturated carbocycles. The Bertz CT molecular complexity index is 857. The minimum absolute atomic E-state index is 0.0954. The van der Waals surface area contributed by atoms with Gasteiger partial charge in [0.1, 0.15) is 5.56 Å². The van der Waals surface area contributed by atoms with E-state index in [0.717, 1.165) is 5.56 Å². The molecule has 0 aliphatic heterocycles. The molecule has 23 heavy (non-hydrogen) atoms. The molecule has 1 aromatic carbocycles. The van der Waals surface area contributed by atoms with Crippen molar-refractivity contribution >= 4 is 35.0 Å². The van der Waals surface area contributed by atoms with E-state index in [1.807, 2.05) is 6.07 Å². The van der Waals surface area contributed by atoms with Crippen LogP contribution in [-0.4, -0.2) is 11.1 Å². The molecule has 0 aliphatic carbocycles. The zero-order chi connectivity index (χ0) is 16.4. The first-order valence-corrected chi connectivity index (χ1v) is 7.33. The lowest BCUT2D eigenvalue weighted by atomic mass is 10.1. The number of hydrogen-bond acceptors (Lipinski definition) is 5. The molecule has 8 heteroatoms. The van der Waals surface area contributed by atoms with Crippen molar-refractivity contribution in [3.63, 3.8) is 0 Å². The zero-order valence-electron chi connectivity index (χ0n) is 11.7. The third-order valence-corrected chi connectivity index (χ3v) is 3.53. The van der Waals surface area contributed by atoms with E-state index >= 15 is 0 Å². The van der Waals surface area contributed by atoms with E-state index in [-0.39, 0.29) is 28.9 Å². The summed E-state index contributed by atoms with van der Waals surface area (Å²) in [7, 11) is 0. The molecule has 3 aromatic rings. The Hall–Kier alpha value is -2.44. The van der Waals surface area contributed by atoms with E-state index < -0.39 is 5.91 Å². The average molecular weight is 352 g/mol. The van der Waals surface area contributed by atoms with Crippen molar-refractivity contribution in [2.75, 3.05) is 5.73 Å². The van der Waals surface area contributed by atoms with Crippen molar-refractivity contribution in [3.05, 3.63) is 57.8 Å².